The number of amides is 1. The molecule has 1 amide bonds. The topological polar surface area (TPSA) is 29.1 Å². The fourth-order valence-electron chi connectivity index (χ4n) is 1.07. The highest BCUT2D eigenvalue weighted by molar-refractivity contribution is 6.32. The lowest BCUT2D eigenvalue weighted by Gasteiger charge is -1.99. The summed E-state index contributed by atoms with van der Waals surface area (Å²) in [6.07, 6.45) is 0. The molecular weight excluding hydrogens is 245 g/mol. The maximum Gasteiger partial charge on any atom is 0.217 e. The smallest absolute Gasteiger partial charge is 0.217 e. The van der Waals surface area contributed by atoms with Crippen LogP contribution >= 0.6 is 23.2 Å². The lowest BCUT2D eigenvalue weighted by atomic mass is 10.1. The van der Waals surface area contributed by atoms with Crippen LogP contribution in [0.25, 0.3) is 0 Å². The maximum atomic E-state index is 10.6. The molecule has 4 heteroatoms. The predicted octanol–water partition coefficient (Wildman–Crippen LogP) is 2.57. The van der Waals surface area contributed by atoms with E-state index in [1.807, 2.05) is 12.1 Å². The third-order valence-electron chi connectivity index (χ3n) is 1.85. The minimum Gasteiger partial charge on any atom is -0.345 e. The molecular formula is C12H11Cl2NO. The summed E-state index contributed by atoms with van der Waals surface area (Å²) in [7, 11) is 0. The van der Waals surface area contributed by atoms with Crippen molar-refractivity contribution in [2.75, 3.05) is 6.54 Å². The van der Waals surface area contributed by atoms with Gasteiger partial charge in [-0.15, -0.1) is 11.6 Å². The molecule has 84 valence electrons. The molecule has 0 aliphatic carbocycles. The molecule has 0 fully saturated rings. The Balaban J connectivity index is 2.70. The van der Waals surface area contributed by atoms with E-state index in [0.717, 1.165) is 11.1 Å². The van der Waals surface area contributed by atoms with Crippen LogP contribution in [0.1, 0.15) is 18.1 Å². The van der Waals surface area contributed by atoms with E-state index in [9.17, 15) is 4.79 Å². The molecule has 1 rings (SSSR count). The van der Waals surface area contributed by atoms with Crippen molar-refractivity contribution in [3.05, 3.63) is 34.3 Å². The van der Waals surface area contributed by atoms with Crippen molar-refractivity contribution < 1.29 is 4.79 Å². The molecule has 2 nitrogen and oxygen atoms in total. The molecule has 0 atom stereocenters. The molecule has 0 heterocycles. The summed E-state index contributed by atoms with van der Waals surface area (Å²) >= 11 is 11.6. The third kappa shape index (κ3) is 4.14. The SMILES string of the molecule is CC(=O)NCC#Cc1ccc(Cl)c(CCl)c1. The molecule has 1 aromatic rings. The Bertz CT molecular complexity index is 446. The second-order valence-corrected chi connectivity index (χ2v) is 3.83. The quantitative estimate of drug-likeness (QED) is 0.639. The average molecular weight is 256 g/mol. The normalized spacial score (nSPS) is 9.19. The number of rotatable bonds is 2. The molecule has 0 aliphatic rings. The van der Waals surface area contributed by atoms with E-state index in [2.05, 4.69) is 17.2 Å². The Morgan fingerprint density at radius 1 is 1.50 bits per heavy atom. The van der Waals surface area contributed by atoms with E-state index < -0.39 is 0 Å². The highest BCUT2D eigenvalue weighted by atomic mass is 35.5. The van der Waals surface area contributed by atoms with Crippen molar-refractivity contribution in [1.82, 2.24) is 5.32 Å². The monoisotopic (exact) mass is 255 g/mol. The van der Waals surface area contributed by atoms with Crippen LogP contribution in [0.2, 0.25) is 5.02 Å². The van der Waals surface area contributed by atoms with Crippen molar-refractivity contribution in [3.63, 3.8) is 0 Å². The molecule has 0 bridgehead atoms. The number of nitrogens with one attached hydrogen (secondary N) is 1. The van der Waals surface area contributed by atoms with Gasteiger partial charge in [0.25, 0.3) is 0 Å². The number of carbonyl (C=O) groups excluding carboxylic acids is 1. The standard InChI is InChI=1S/C12H11Cl2NO/c1-9(16)15-6-2-3-10-4-5-12(14)11(7-10)8-13/h4-5,7H,6,8H2,1H3,(H,15,16). The van der Waals surface area contributed by atoms with Crippen LogP contribution in [-0.2, 0) is 10.7 Å². The summed E-state index contributed by atoms with van der Waals surface area (Å²) in [4.78, 5) is 10.6. The highest BCUT2D eigenvalue weighted by Crippen LogP contribution is 2.18. The summed E-state index contributed by atoms with van der Waals surface area (Å²) in [5, 5.41) is 3.23. The Morgan fingerprint density at radius 3 is 2.88 bits per heavy atom. The van der Waals surface area contributed by atoms with Crippen LogP contribution < -0.4 is 5.32 Å². The fourth-order valence-corrected chi connectivity index (χ4v) is 1.54. The summed E-state index contributed by atoms with van der Waals surface area (Å²) in [5.41, 5.74) is 1.69. The van der Waals surface area contributed by atoms with Gasteiger partial charge in [0.2, 0.25) is 5.91 Å². The Morgan fingerprint density at radius 2 is 2.25 bits per heavy atom. The van der Waals surface area contributed by atoms with Crippen LogP contribution in [0, 0.1) is 11.8 Å². The zero-order valence-corrected chi connectivity index (χ0v) is 10.3. The van der Waals surface area contributed by atoms with E-state index in [-0.39, 0.29) is 5.91 Å². The molecule has 16 heavy (non-hydrogen) atoms. The Labute approximate surface area is 105 Å². The van der Waals surface area contributed by atoms with Crippen molar-refractivity contribution in [2.45, 2.75) is 12.8 Å². The van der Waals surface area contributed by atoms with Gasteiger partial charge in [-0.25, -0.2) is 0 Å². The van der Waals surface area contributed by atoms with Gasteiger partial charge in [0.1, 0.15) is 0 Å². The number of carbonyl (C=O) groups is 1. The van der Waals surface area contributed by atoms with Crippen LogP contribution in [0.5, 0.6) is 0 Å². The summed E-state index contributed by atoms with van der Waals surface area (Å²) in [6.45, 7) is 1.80. The summed E-state index contributed by atoms with van der Waals surface area (Å²) in [5.74, 6) is 6.03. The molecule has 0 saturated heterocycles. The first-order valence-corrected chi connectivity index (χ1v) is 5.62. The third-order valence-corrected chi connectivity index (χ3v) is 2.50. The first-order valence-electron chi connectivity index (χ1n) is 4.71. The number of hydrogen-bond acceptors (Lipinski definition) is 1. The minimum atomic E-state index is -0.0909. The molecule has 0 aliphatic heterocycles. The highest BCUT2D eigenvalue weighted by Gasteiger charge is 1.98. The second kappa shape index (κ2) is 6.42. The first-order chi connectivity index (χ1) is 7.63. The van der Waals surface area contributed by atoms with Crippen LogP contribution in [0.4, 0.5) is 0 Å². The lowest BCUT2D eigenvalue weighted by Crippen LogP contribution is -2.19. The van der Waals surface area contributed by atoms with Gasteiger partial charge in [-0.2, -0.15) is 0 Å². The largest absolute Gasteiger partial charge is 0.345 e. The van der Waals surface area contributed by atoms with E-state index in [4.69, 9.17) is 23.2 Å². The number of halogens is 2. The molecule has 0 saturated carbocycles. The van der Waals surface area contributed by atoms with Gasteiger partial charge in [-0.05, 0) is 23.8 Å². The van der Waals surface area contributed by atoms with Gasteiger partial charge < -0.3 is 5.32 Å². The molecule has 0 unspecified atom stereocenters. The Kier molecular flexibility index (Phi) is 5.18. The van der Waals surface area contributed by atoms with E-state index in [1.165, 1.54) is 6.92 Å². The summed E-state index contributed by atoms with van der Waals surface area (Å²) in [6, 6.07) is 5.43. The van der Waals surface area contributed by atoms with E-state index in [1.54, 1.807) is 6.07 Å². The van der Waals surface area contributed by atoms with Crippen LogP contribution in [0.3, 0.4) is 0 Å². The van der Waals surface area contributed by atoms with Gasteiger partial charge in [0.05, 0.1) is 6.54 Å². The first kappa shape index (κ1) is 12.9. The van der Waals surface area contributed by atoms with E-state index in [0.29, 0.717) is 17.4 Å². The van der Waals surface area contributed by atoms with Gasteiger partial charge in [-0.3, -0.25) is 4.79 Å². The van der Waals surface area contributed by atoms with Gasteiger partial charge in [-0.1, -0.05) is 23.4 Å². The molecule has 0 aromatic heterocycles. The molecule has 0 spiro atoms. The molecule has 1 aromatic carbocycles. The number of hydrogen-bond donors (Lipinski definition) is 1. The predicted molar refractivity (Wildman–Crippen MR) is 66.6 cm³/mol. The van der Waals surface area contributed by atoms with Crippen LogP contribution in [-0.4, -0.2) is 12.5 Å². The maximum absolute atomic E-state index is 10.6. The van der Waals surface area contributed by atoms with Crippen molar-refractivity contribution in [3.8, 4) is 11.8 Å². The van der Waals surface area contributed by atoms with Crippen molar-refractivity contribution in [2.24, 2.45) is 0 Å². The number of alkyl halides is 1. The summed E-state index contributed by atoms with van der Waals surface area (Å²) < 4.78 is 0. The second-order valence-electron chi connectivity index (χ2n) is 3.15. The minimum absolute atomic E-state index is 0.0909. The van der Waals surface area contributed by atoms with Crippen LogP contribution in [0.15, 0.2) is 18.2 Å². The van der Waals surface area contributed by atoms with Gasteiger partial charge >= 0.3 is 0 Å². The zero-order chi connectivity index (χ0) is 12.0. The Hall–Kier alpha value is -1.17. The molecule has 1 N–H and O–H groups in total. The van der Waals surface area contributed by atoms with Gasteiger partial charge in [0, 0.05) is 23.4 Å². The van der Waals surface area contributed by atoms with E-state index >= 15 is 0 Å². The molecule has 0 radical (unpaired) electrons. The zero-order valence-electron chi connectivity index (χ0n) is 8.81. The van der Waals surface area contributed by atoms with Crippen molar-refractivity contribution in [1.29, 1.82) is 0 Å². The number of benzene rings is 1. The lowest BCUT2D eigenvalue weighted by molar-refractivity contribution is -0.118. The van der Waals surface area contributed by atoms with Crippen molar-refractivity contribution >= 4 is 29.1 Å². The fraction of sp³-hybridized carbons (Fsp3) is 0.250. The average Bonchev–Trinajstić information content (AvgIpc) is 2.26. The van der Waals surface area contributed by atoms with Gasteiger partial charge in [0.15, 0.2) is 0 Å².